The topological polar surface area (TPSA) is 192 Å². The van der Waals surface area contributed by atoms with E-state index in [9.17, 15) is 24.3 Å². The molecule has 3 atom stereocenters. The van der Waals surface area contributed by atoms with Crippen molar-refractivity contribution in [2.75, 3.05) is 26.4 Å². The van der Waals surface area contributed by atoms with E-state index < -0.39 is 35.4 Å². The number of nitrogens with zero attached hydrogens (tertiary/aromatic N) is 3. The van der Waals surface area contributed by atoms with Crippen molar-refractivity contribution in [3.63, 3.8) is 0 Å². The molecule has 1 aliphatic carbocycles. The number of carbonyl (C=O) groups excluding carboxylic acids is 4. The van der Waals surface area contributed by atoms with E-state index >= 15 is 0 Å². The van der Waals surface area contributed by atoms with E-state index in [1.54, 1.807) is 41.7 Å². The number of amides is 4. The van der Waals surface area contributed by atoms with E-state index in [0.29, 0.717) is 40.5 Å². The zero-order chi connectivity index (χ0) is 47.0. The first kappa shape index (κ1) is 47.6. The minimum absolute atomic E-state index is 0.00355. The van der Waals surface area contributed by atoms with Crippen molar-refractivity contribution in [3.8, 4) is 39.1 Å². The van der Waals surface area contributed by atoms with Crippen molar-refractivity contribution in [2.24, 2.45) is 5.41 Å². The predicted molar refractivity (Wildman–Crippen MR) is 251 cm³/mol. The number of halogens is 1. The van der Waals surface area contributed by atoms with Crippen LogP contribution in [0.2, 0.25) is 5.02 Å². The maximum absolute atomic E-state index is 14.0. The first-order valence-corrected chi connectivity index (χ1v) is 23.0. The summed E-state index contributed by atoms with van der Waals surface area (Å²) >= 11 is 7.67. The third kappa shape index (κ3) is 12.1. The second-order valence-electron chi connectivity index (χ2n) is 17.6. The van der Waals surface area contributed by atoms with E-state index in [-0.39, 0.29) is 63.3 Å². The molecule has 7 rings (SSSR count). The molecule has 1 saturated heterocycles. The Labute approximate surface area is 393 Å². The molecular formula is C50H53ClN6O8S. The number of ether oxygens (including phenoxy) is 3. The lowest BCUT2D eigenvalue weighted by Gasteiger charge is -2.35. The number of nitriles is 1. The molecule has 2 aliphatic rings. The van der Waals surface area contributed by atoms with Gasteiger partial charge in [0.2, 0.25) is 17.7 Å². The molecule has 344 valence electrons. The Bertz CT molecular complexity index is 2550. The average molecular weight is 934 g/mol. The minimum Gasteiger partial charge on any atom is -0.491 e. The molecule has 16 heteroatoms. The number of aliphatic hydroxyl groups is 1. The molecule has 1 aromatic heterocycles. The van der Waals surface area contributed by atoms with Crippen LogP contribution in [0.5, 0.6) is 11.5 Å². The molecule has 0 bridgehead atoms. The Hall–Kier alpha value is -6.31. The number of benzene rings is 4. The van der Waals surface area contributed by atoms with Crippen molar-refractivity contribution in [2.45, 2.75) is 83.8 Å². The van der Waals surface area contributed by atoms with Gasteiger partial charge in [-0.3, -0.25) is 19.2 Å². The van der Waals surface area contributed by atoms with E-state index in [1.165, 1.54) is 4.90 Å². The second kappa shape index (κ2) is 21.3. The predicted octanol–water partition coefficient (Wildman–Crippen LogP) is 6.85. The number of aryl methyl sites for hydroxylation is 1. The van der Waals surface area contributed by atoms with Crippen molar-refractivity contribution in [1.82, 2.24) is 25.8 Å². The lowest BCUT2D eigenvalue weighted by molar-refractivity contribution is -0.144. The van der Waals surface area contributed by atoms with E-state index in [4.69, 9.17) is 31.1 Å². The monoisotopic (exact) mass is 932 g/mol. The molecule has 2 heterocycles. The third-order valence-electron chi connectivity index (χ3n) is 11.6. The largest absolute Gasteiger partial charge is 0.491 e. The fourth-order valence-electron chi connectivity index (χ4n) is 7.82. The molecule has 66 heavy (non-hydrogen) atoms. The van der Waals surface area contributed by atoms with Gasteiger partial charge in [0.05, 0.1) is 39.4 Å². The number of thiazole rings is 1. The number of carbonyl (C=O) groups is 4. The standard InChI is InChI=1S/C50H53ClN6O8S/c1-30-45(66-29-54-30)34-7-5-31(6-8-34)26-53-48(61)43-23-38(58)27-57(43)49(62)46(50(2,3)4)56-44(59)28-63-19-20-64-39-16-13-33(14-17-39)32-9-11-35(12-10-32)47(60)55-37-21-41(22-37)65-40-18-15-36(25-52)42(51)24-40/h5-18,24,29,37-38,41,43,46,58H,19-23,26-28H2,1-4H3,(H,53,61)(H,55,60)(H,56,59)/t37-,38-,41-,43+,46-/m1/s1. The molecule has 14 nitrogen and oxygen atoms in total. The van der Waals surface area contributed by atoms with Gasteiger partial charge in [-0.1, -0.05) is 80.9 Å². The van der Waals surface area contributed by atoms with Crippen LogP contribution in [-0.2, 0) is 25.7 Å². The summed E-state index contributed by atoms with van der Waals surface area (Å²) in [7, 11) is 0. The van der Waals surface area contributed by atoms with Gasteiger partial charge in [0.25, 0.3) is 5.91 Å². The van der Waals surface area contributed by atoms with Gasteiger partial charge in [-0.25, -0.2) is 4.98 Å². The van der Waals surface area contributed by atoms with Crippen LogP contribution < -0.4 is 25.4 Å². The average Bonchev–Trinajstić information content (AvgIpc) is 3.91. The van der Waals surface area contributed by atoms with Crippen LogP contribution in [0.4, 0.5) is 0 Å². The van der Waals surface area contributed by atoms with Crippen LogP contribution in [0.1, 0.15) is 67.2 Å². The SMILES string of the molecule is Cc1ncsc1-c1ccc(CNC(=O)[C@@H]2C[C@@H](O)CN2C(=O)[C@@H](NC(=O)COCCOc2ccc(-c3ccc(C(=O)N[C@H]4C[C@H](Oc5ccc(C#N)c(Cl)c5)C4)cc3)cc2)C(C)(C)C)cc1. The maximum Gasteiger partial charge on any atom is 0.251 e. The van der Waals surface area contributed by atoms with Crippen molar-refractivity contribution in [1.29, 1.82) is 5.26 Å². The molecule has 0 radical (unpaired) electrons. The number of β-amino-alcohol motifs (C(OH)–C–C–N with tert-alkyl or cyclic N) is 1. The number of likely N-dealkylation sites (tertiary alicyclic amines) is 1. The third-order valence-corrected chi connectivity index (χ3v) is 12.9. The molecular weight excluding hydrogens is 880 g/mol. The second-order valence-corrected chi connectivity index (χ2v) is 18.8. The van der Waals surface area contributed by atoms with Gasteiger partial charge in [0, 0.05) is 50.0 Å². The minimum atomic E-state index is -0.982. The molecule has 4 aromatic carbocycles. The van der Waals surface area contributed by atoms with Gasteiger partial charge in [0.15, 0.2) is 0 Å². The van der Waals surface area contributed by atoms with Gasteiger partial charge < -0.3 is 40.2 Å². The highest BCUT2D eigenvalue weighted by Gasteiger charge is 2.44. The highest BCUT2D eigenvalue weighted by Crippen LogP contribution is 2.31. The quantitative estimate of drug-likeness (QED) is 0.0717. The number of nitrogens with one attached hydrogen (secondary N) is 3. The fraction of sp³-hybridized carbons (Fsp3) is 0.360. The van der Waals surface area contributed by atoms with Crippen LogP contribution in [0, 0.1) is 23.7 Å². The Kier molecular flexibility index (Phi) is 15.4. The summed E-state index contributed by atoms with van der Waals surface area (Å²) in [6, 6.07) is 27.8. The van der Waals surface area contributed by atoms with E-state index in [0.717, 1.165) is 32.8 Å². The maximum atomic E-state index is 14.0. The van der Waals surface area contributed by atoms with E-state index in [1.807, 2.05) is 99.9 Å². The molecule has 4 N–H and O–H groups in total. The van der Waals surface area contributed by atoms with Gasteiger partial charge >= 0.3 is 0 Å². The molecule has 4 amide bonds. The zero-order valence-electron chi connectivity index (χ0n) is 37.2. The number of hydrogen-bond donors (Lipinski definition) is 4. The van der Waals surface area contributed by atoms with Crippen LogP contribution in [-0.4, -0.2) is 95.3 Å². The zero-order valence-corrected chi connectivity index (χ0v) is 38.8. The number of aliphatic hydroxyl groups excluding tert-OH is 1. The van der Waals surface area contributed by atoms with Gasteiger partial charge in [-0.05, 0) is 71.0 Å². The molecule has 0 unspecified atom stereocenters. The summed E-state index contributed by atoms with van der Waals surface area (Å²) in [6.45, 7) is 7.64. The summed E-state index contributed by atoms with van der Waals surface area (Å²) in [6.07, 6.45) is 0.496. The molecule has 0 spiro atoms. The van der Waals surface area contributed by atoms with Gasteiger partial charge in [-0.2, -0.15) is 5.26 Å². The van der Waals surface area contributed by atoms with Crippen molar-refractivity contribution < 1.29 is 38.5 Å². The first-order chi connectivity index (χ1) is 31.6. The first-order valence-electron chi connectivity index (χ1n) is 21.8. The molecule has 2 fully saturated rings. The van der Waals surface area contributed by atoms with Crippen LogP contribution in [0.3, 0.4) is 0 Å². The summed E-state index contributed by atoms with van der Waals surface area (Å²) in [5, 5.41) is 28.7. The van der Waals surface area contributed by atoms with Crippen LogP contribution in [0.15, 0.2) is 96.5 Å². The summed E-state index contributed by atoms with van der Waals surface area (Å²) in [4.78, 5) is 60.2. The fourth-order valence-corrected chi connectivity index (χ4v) is 8.85. The smallest absolute Gasteiger partial charge is 0.251 e. The molecule has 1 saturated carbocycles. The Morgan fingerprint density at radius 3 is 2.23 bits per heavy atom. The number of hydrogen-bond acceptors (Lipinski definition) is 11. The number of rotatable bonds is 17. The Morgan fingerprint density at radius 2 is 1.59 bits per heavy atom. The Morgan fingerprint density at radius 1 is 0.924 bits per heavy atom. The normalized spacial score (nSPS) is 18.3. The summed E-state index contributed by atoms with van der Waals surface area (Å²) < 4.78 is 17.4. The molecule has 5 aromatic rings. The molecule has 1 aliphatic heterocycles. The highest BCUT2D eigenvalue weighted by molar-refractivity contribution is 7.13. The Balaban J connectivity index is 0.811. The summed E-state index contributed by atoms with van der Waals surface area (Å²) in [5.74, 6) is -0.290. The van der Waals surface area contributed by atoms with Crippen molar-refractivity contribution >= 4 is 46.6 Å². The lowest BCUT2D eigenvalue weighted by atomic mass is 9.85. The van der Waals surface area contributed by atoms with Crippen LogP contribution >= 0.6 is 22.9 Å². The van der Waals surface area contributed by atoms with Crippen molar-refractivity contribution in [3.05, 3.63) is 124 Å². The summed E-state index contributed by atoms with van der Waals surface area (Å²) in [5.41, 5.74) is 6.79. The van der Waals surface area contributed by atoms with Gasteiger partial charge in [0.1, 0.15) is 49.0 Å². The van der Waals surface area contributed by atoms with Gasteiger partial charge in [-0.15, -0.1) is 11.3 Å². The number of aromatic nitrogens is 1. The highest BCUT2D eigenvalue weighted by atomic mass is 35.5. The van der Waals surface area contributed by atoms with Crippen LogP contribution in [0.25, 0.3) is 21.6 Å². The lowest BCUT2D eigenvalue weighted by Crippen LogP contribution is -2.58. The van der Waals surface area contributed by atoms with E-state index in [2.05, 4.69) is 20.9 Å².